The van der Waals surface area contributed by atoms with Gasteiger partial charge in [0.05, 0.1) is 17.6 Å². The Kier molecular flexibility index (Phi) is 5.56. The van der Waals surface area contributed by atoms with Crippen LogP contribution in [0.2, 0.25) is 0 Å². The van der Waals surface area contributed by atoms with Gasteiger partial charge < -0.3 is 9.30 Å². The van der Waals surface area contributed by atoms with E-state index in [9.17, 15) is 14.4 Å². The number of carbonyl (C=O) groups is 3. The Balaban J connectivity index is 2.00. The first-order valence-corrected chi connectivity index (χ1v) is 9.43. The van der Waals surface area contributed by atoms with Crippen molar-refractivity contribution in [3.63, 3.8) is 0 Å². The Morgan fingerprint density at radius 3 is 2.68 bits per heavy atom. The SMILES string of the molecule is C=CCN1C(=O)S/C(=C/c2cc(C)n(-c3cccc(C(=O)OC)c3)c2C)C1=O. The molecule has 28 heavy (non-hydrogen) atoms. The first-order valence-electron chi connectivity index (χ1n) is 8.61. The fourth-order valence-corrected chi connectivity index (χ4v) is 3.99. The molecule has 0 bridgehead atoms. The second kappa shape index (κ2) is 7.90. The molecule has 2 aromatic rings. The Morgan fingerprint density at radius 2 is 2.00 bits per heavy atom. The second-order valence-electron chi connectivity index (χ2n) is 6.28. The average molecular weight is 396 g/mol. The van der Waals surface area contributed by atoms with E-state index in [2.05, 4.69) is 6.58 Å². The summed E-state index contributed by atoms with van der Waals surface area (Å²) in [5.74, 6) is -0.715. The molecule has 1 aromatic carbocycles. The Bertz CT molecular complexity index is 1020. The molecule has 0 radical (unpaired) electrons. The van der Waals surface area contributed by atoms with Crippen LogP contribution in [-0.4, -0.2) is 40.2 Å². The molecule has 144 valence electrons. The molecule has 7 heteroatoms. The average Bonchev–Trinajstić information content (AvgIpc) is 3.11. The summed E-state index contributed by atoms with van der Waals surface area (Å²) in [7, 11) is 1.35. The van der Waals surface area contributed by atoms with Gasteiger partial charge in [-0.25, -0.2) is 4.79 Å². The van der Waals surface area contributed by atoms with Gasteiger partial charge in [-0.1, -0.05) is 12.1 Å². The van der Waals surface area contributed by atoms with E-state index in [1.807, 2.05) is 30.5 Å². The predicted molar refractivity (Wildman–Crippen MR) is 109 cm³/mol. The van der Waals surface area contributed by atoms with Crippen LogP contribution < -0.4 is 0 Å². The molecule has 6 nitrogen and oxygen atoms in total. The van der Waals surface area contributed by atoms with Crippen molar-refractivity contribution in [2.75, 3.05) is 13.7 Å². The number of carbonyl (C=O) groups excluding carboxylic acids is 3. The molecule has 0 atom stereocenters. The molecular formula is C21H20N2O4S. The number of methoxy groups -OCH3 is 1. The Morgan fingerprint density at radius 1 is 1.25 bits per heavy atom. The number of thioether (sulfide) groups is 1. The summed E-state index contributed by atoms with van der Waals surface area (Å²) in [5, 5.41) is -0.296. The number of benzene rings is 1. The van der Waals surface area contributed by atoms with Gasteiger partial charge in [-0.2, -0.15) is 0 Å². The minimum Gasteiger partial charge on any atom is -0.465 e. The molecule has 3 rings (SSSR count). The van der Waals surface area contributed by atoms with Crippen LogP contribution >= 0.6 is 11.8 Å². The number of rotatable bonds is 5. The van der Waals surface area contributed by atoms with E-state index < -0.39 is 5.97 Å². The standard InChI is InChI=1S/C21H20N2O4S/c1-5-9-22-19(24)18(28-21(22)26)12-16-10-13(2)23(14(16)3)17-8-6-7-15(11-17)20(25)27-4/h5-8,10-12H,1,9H2,2-4H3/b18-12+. The predicted octanol–water partition coefficient (Wildman–Crippen LogP) is 4.10. The lowest BCUT2D eigenvalue weighted by Crippen LogP contribution is -2.27. The van der Waals surface area contributed by atoms with E-state index in [-0.39, 0.29) is 17.7 Å². The molecule has 1 aromatic heterocycles. The van der Waals surface area contributed by atoms with Crippen LogP contribution in [-0.2, 0) is 9.53 Å². The summed E-state index contributed by atoms with van der Waals surface area (Å²) in [4.78, 5) is 37.8. The summed E-state index contributed by atoms with van der Waals surface area (Å²) < 4.78 is 6.78. The van der Waals surface area contributed by atoms with Crippen LogP contribution in [0.4, 0.5) is 4.79 Å². The number of hydrogen-bond donors (Lipinski definition) is 0. The summed E-state index contributed by atoms with van der Waals surface area (Å²) in [6.07, 6.45) is 3.26. The number of esters is 1. The maximum absolute atomic E-state index is 12.4. The van der Waals surface area contributed by atoms with Gasteiger partial charge in [0.25, 0.3) is 11.1 Å². The van der Waals surface area contributed by atoms with Gasteiger partial charge in [0, 0.05) is 23.6 Å². The highest BCUT2D eigenvalue weighted by molar-refractivity contribution is 8.18. The molecule has 0 unspecified atom stereocenters. The van der Waals surface area contributed by atoms with Gasteiger partial charge in [-0.15, -0.1) is 6.58 Å². The topological polar surface area (TPSA) is 68.6 Å². The molecule has 1 fully saturated rings. The zero-order valence-corrected chi connectivity index (χ0v) is 16.7. The van der Waals surface area contributed by atoms with E-state index in [1.165, 1.54) is 18.1 Å². The van der Waals surface area contributed by atoms with Crippen molar-refractivity contribution < 1.29 is 19.1 Å². The maximum Gasteiger partial charge on any atom is 0.337 e. The quantitative estimate of drug-likeness (QED) is 0.432. The van der Waals surface area contributed by atoms with Crippen LogP contribution in [0.1, 0.15) is 27.3 Å². The first-order chi connectivity index (χ1) is 13.4. The van der Waals surface area contributed by atoms with Crippen LogP contribution in [0.25, 0.3) is 11.8 Å². The lowest BCUT2D eigenvalue weighted by Gasteiger charge is -2.11. The molecule has 1 saturated heterocycles. The molecule has 0 N–H and O–H groups in total. The van der Waals surface area contributed by atoms with Gasteiger partial charge in [-0.05, 0) is 61.5 Å². The number of aromatic nitrogens is 1. The monoisotopic (exact) mass is 396 g/mol. The van der Waals surface area contributed by atoms with Gasteiger partial charge in [0.1, 0.15) is 0 Å². The summed E-state index contributed by atoms with van der Waals surface area (Å²) in [6, 6.07) is 9.09. The molecule has 1 aliphatic heterocycles. The molecular weight excluding hydrogens is 376 g/mol. The van der Waals surface area contributed by atoms with Crippen molar-refractivity contribution in [2.24, 2.45) is 0 Å². The fourth-order valence-electron chi connectivity index (χ4n) is 3.15. The molecule has 2 heterocycles. The van der Waals surface area contributed by atoms with Crippen LogP contribution in [0.15, 0.2) is 47.9 Å². The smallest absolute Gasteiger partial charge is 0.337 e. The van der Waals surface area contributed by atoms with Crippen molar-refractivity contribution in [2.45, 2.75) is 13.8 Å². The largest absolute Gasteiger partial charge is 0.465 e. The molecule has 2 amide bonds. The third kappa shape index (κ3) is 3.53. The third-order valence-electron chi connectivity index (χ3n) is 4.47. The van der Waals surface area contributed by atoms with E-state index in [0.29, 0.717) is 10.5 Å². The number of ether oxygens (including phenoxy) is 1. The van der Waals surface area contributed by atoms with Gasteiger partial charge in [-0.3, -0.25) is 14.5 Å². The van der Waals surface area contributed by atoms with E-state index in [4.69, 9.17) is 4.74 Å². The van der Waals surface area contributed by atoms with Crippen molar-refractivity contribution in [1.29, 1.82) is 0 Å². The molecule has 0 saturated carbocycles. The van der Waals surface area contributed by atoms with Crippen molar-refractivity contribution >= 4 is 35.0 Å². The van der Waals surface area contributed by atoms with Gasteiger partial charge in [0.2, 0.25) is 0 Å². The Hall–Kier alpha value is -3.06. The van der Waals surface area contributed by atoms with Crippen molar-refractivity contribution in [3.8, 4) is 5.69 Å². The zero-order valence-electron chi connectivity index (χ0n) is 15.9. The molecule has 0 spiro atoms. The lowest BCUT2D eigenvalue weighted by atomic mass is 10.2. The van der Waals surface area contributed by atoms with Crippen LogP contribution in [0.3, 0.4) is 0 Å². The summed E-state index contributed by atoms with van der Waals surface area (Å²) in [5.41, 5.74) is 3.95. The number of amides is 2. The number of hydrogen-bond acceptors (Lipinski definition) is 5. The van der Waals surface area contributed by atoms with Gasteiger partial charge in [0.15, 0.2) is 0 Å². The minimum absolute atomic E-state index is 0.196. The number of aryl methyl sites for hydroxylation is 1. The lowest BCUT2D eigenvalue weighted by molar-refractivity contribution is -0.122. The van der Waals surface area contributed by atoms with E-state index >= 15 is 0 Å². The summed E-state index contributed by atoms with van der Waals surface area (Å²) in [6.45, 7) is 7.65. The highest BCUT2D eigenvalue weighted by atomic mass is 32.2. The zero-order chi connectivity index (χ0) is 20.4. The highest BCUT2D eigenvalue weighted by Gasteiger charge is 2.34. The molecule has 0 aliphatic carbocycles. The summed E-state index contributed by atoms with van der Waals surface area (Å²) >= 11 is 0.926. The Labute approximate surface area is 167 Å². The fraction of sp³-hybridized carbons (Fsp3) is 0.190. The van der Waals surface area contributed by atoms with Crippen molar-refractivity contribution in [3.05, 3.63) is 70.4 Å². The molecule has 1 aliphatic rings. The van der Waals surface area contributed by atoms with Gasteiger partial charge >= 0.3 is 5.97 Å². The van der Waals surface area contributed by atoms with E-state index in [1.54, 1.807) is 24.3 Å². The second-order valence-corrected chi connectivity index (χ2v) is 7.28. The van der Waals surface area contributed by atoms with E-state index in [0.717, 1.165) is 34.4 Å². The van der Waals surface area contributed by atoms with Crippen molar-refractivity contribution in [1.82, 2.24) is 9.47 Å². The number of nitrogens with zero attached hydrogens (tertiary/aromatic N) is 2. The first kappa shape index (κ1) is 19.7. The van der Waals surface area contributed by atoms with Crippen LogP contribution in [0, 0.1) is 13.8 Å². The third-order valence-corrected chi connectivity index (χ3v) is 5.37. The van der Waals surface area contributed by atoms with Crippen LogP contribution in [0.5, 0.6) is 0 Å². The minimum atomic E-state index is -0.402. The normalized spacial score (nSPS) is 15.4. The number of imide groups is 1. The highest BCUT2D eigenvalue weighted by Crippen LogP contribution is 2.33. The maximum atomic E-state index is 12.4.